The molecule has 0 bridgehead atoms. The predicted octanol–water partition coefficient (Wildman–Crippen LogP) is 1.96. The molecular formula is C24H28N10O2S. The number of nitrogens with one attached hydrogen (secondary N) is 2. The molecule has 2 N–H and O–H groups in total. The molecule has 0 radical (unpaired) electrons. The van der Waals surface area contributed by atoms with Crippen molar-refractivity contribution in [2.24, 2.45) is 18.0 Å². The maximum Gasteiger partial charge on any atom is 0.282 e. The van der Waals surface area contributed by atoms with Gasteiger partial charge >= 0.3 is 0 Å². The molecule has 2 aliphatic heterocycles. The standard InChI is InChI=1S/C24H28N10O2S/c1-15-4-3-9-25-19(15)12-21(35)27-20-6-5-18(28-29-20)16-7-11-34(14-16)24-31-30-23(37-24)22(36)26-13-17-8-10-33(2)32-17/h3-6,8-10,15-16,19H,7,11-14H2,1-2H3,(H,26,36)(H,27,29,35). The Balaban J connectivity index is 1.11. The quantitative estimate of drug-likeness (QED) is 0.459. The van der Waals surface area contributed by atoms with Gasteiger partial charge in [-0.15, -0.1) is 15.3 Å². The van der Waals surface area contributed by atoms with Crippen LogP contribution in [0.3, 0.4) is 0 Å². The van der Waals surface area contributed by atoms with Crippen molar-refractivity contribution in [3.05, 3.63) is 52.9 Å². The fourth-order valence-corrected chi connectivity index (χ4v) is 5.11. The highest BCUT2D eigenvalue weighted by Gasteiger charge is 2.28. The number of rotatable bonds is 8. The maximum atomic E-state index is 12.5. The number of amides is 2. The smallest absolute Gasteiger partial charge is 0.282 e. The van der Waals surface area contributed by atoms with Gasteiger partial charge in [0.25, 0.3) is 5.91 Å². The number of anilines is 2. The minimum absolute atomic E-state index is 0.0606. The zero-order valence-corrected chi connectivity index (χ0v) is 21.4. The van der Waals surface area contributed by atoms with Gasteiger partial charge in [-0.2, -0.15) is 10.2 Å². The fourth-order valence-electron chi connectivity index (χ4n) is 4.31. The molecule has 0 saturated carbocycles. The average molecular weight is 521 g/mol. The molecule has 3 atom stereocenters. The summed E-state index contributed by atoms with van der Waals surface area (Å²) in [5.74, 6) is 0.424. The molecule has 1 saturated heterocycles. The number of carbonyl (C=O) groups is 2. The molecule has 12 nitrogen and oxygen atoms in total. The van der Waals surface area contributed by atoms with Gasteiger partial charge in [-0.05, 0) is 36.6 Å². The van der Waals surface area contributed by atoms with Crippen LogP contribution in [0.25, 0.3) is 0 Å². The molecule has 5 rings (SSSR count). The lowest BCUT2D eigenvalue weighted by molar-refractivity contribution is -0.116. The van der Waals surface area contributed by atoms with E-state index in [2.05, 4.69) is 46.0 Å². The molecule has 2 aliphatic rings. The fraction of sp³-hybridized carbons (Fsp3) is 0.417. The highest BCUT2D eigenvalue weighted by Crippen LogP contribution is 2.31. The Labute approximate surface area is 217 Å². The third-order valence-electron chi connectivity index (χ3n) is 6.42. The number of dihydropyridines is 1. The van der Waals surface area contributed by atoms with Crippen molar-refractivity contribution in [3.63, 3.8) is 0 Å². The number of aryl methyl sites for hydroxylation is 1. The van der Waals surface area contributed by atoms with Crippen molar-refractivity contribution < 1.29 is 9.59 Å². The first kappa shape index (κ1) is 24.7. The van der Waals surface area contributed by atoms with Crippen molar-refractivity contribution >= 4 is 40.3 Å². The Morgan fingerprint density at radius 2 is 2.05 bits per heavy atom. The molecule has 37 heavy (non-hydrogen) atoms. The van der Waals surface area contributed by atoms with Crippen molar-refractivity contribution in [2.75, 3.05) is 23.3 Å². The van der Waals surface area contributed by atoms with Crippen LogP contribution in [0, 0.1) is 5.92 Å². The minimum Gasteiger partial charge on any atom is -0.346 e. The van der Waals surface area contributed by atoms with Crippen molar-refractivity contribution in [1.82, 2.24) is 35.5 Å². The van der Waals surface area contributed by atoms with Crippen molar-refractivity contribution in [1.29, 1.82) is 0 Å². The summed E-state index contributed by atoms with van der Waals surface area (Å²) in [6.07, 6.45) is 8.69. The number of aromatic nitrogens is 6. The molecule has 2 amide bonds. The third kappa shape index (κ3) is 6.05. The van der Waals surface area contributed by atoms with E-state index in [0.717, 1.165) is 24.4 Å². The van der Waals surface area contributed by atoms with Crippen LogP contribution in [0.15, 0.2) is 41.5 Å². The summed E-state index contributed by atoms with van der Waals surface area (Å²) in [6.45, 7) is 3.87. The zero-order chi connectivity index (χ0) is 25.8. The Morgan fingerprint density at radius 3 is 2.81 bits per heavy atom. The van der Waals surface area contributed by atoms with Gasteiger partial charge in [-0.3, -0.25) is 19.3 Å². The molecule has 0 aromatic carbocycles. The number of aliphatic imine (C=N–C) groups is 1. The van der Waals surface area contributed by atoms with Crippen LogP contribution in [0.2, 0.25) is 0 Å². The highest BCUT2D eigenvalue weighted by molar-refractivity contribution is 7.17. The summed E-state index contributed by atoms with van der Waals surface area (Å²) in [5.41, 5.74) is 1.63. The molecule has 0 spiro atoms. The second kappa shape index (κ2) is 10.9. The zero-order valence-electron chi connectivity index (χ0n) is 20.6. The summed E-state index contributed by atoms with van der Waals surface area (Å²) in [4.78, 5) is 31.3. The summed E-state index contributed by atoms with van der Waals surface area (Å²) in [7, 11) is 1.83. The number of hydrogen-bond acceptors (Lipinski definition) is 10. The van der Waals surface area contributed by atoms with E-state index < -0.39 is 0 Å². The molecule has 5 heterocycles. The summed E-state index contributed by atoms with van der Waals surface area (Å²) in [6, 6.07) is 5.47. The van der Waals surface area contributed by atoms with Crippen LogP contribution in [0.5, 0.6) is 0 Å². The van der Waals surface area contributed by atoms with Crippen LogP contribution in [-0.4, -0.2) is 67.3 Å². The molecule has 3 unspecified atom stereocenters. The van der Waals surface area contributed by atoms with Gasteiger partial charge < -0.3 is 15.5 Å². The minimum atomic E-state index is -0.269. The largest absolute Gasteiger partial charge is 0.346 e. The van der Waals surface area contributed by atoms with Gasteiger partial charge in [0, 0.05) is 44.9 Å². The van der Waals surface area contributed by atoms with Gasteiger partial charge in [-0.25, -0.2) is 0 Å². The first-order valence-corrected chi connectivity index (χ1v) is 12.9. The summed E-state index contributed by atoms with van der Waals surface area (Å²) < 4.78 is 1.69. The SMILES string of the molecule is CC1C=CC=NC1CC(=O)Nc1ccc(C2CCN(c3nnc(C(=O)NCc4ccn(C)n4)s3)C2)nn1. The predicted molar refractivity (Wildman–Crippen MR) is 140 cm³/mol. The first-order valence-electron chi connectivity index (χ1n) is 12.1. The van der Waals surface area contributed by atoms with Gasteiger partial charge in [0.1, 0.15) is 0 Å². The van der Waals surface area contributed by atoms with Crippen LogP contribution >= 0.6 is 11.3 Å². The lowest BCUT2D eigenvalue weighted by atomic mass is 9.97. The Hall–Kier alpha value is -4.00. The van der Waals surface area contributed by atoms with Crippen LogP contribution in [-0.2, 0) is 18.4 Å². The lowest BCUT2D eigenvalue weighted by Crippen LogP contribution is -2.25. The lowest BCUT2D eigenvalue weighted by Gasteiger charge is -2.18. The first-order chi connectivity index (χ1) is 17.9. The number of carbonyl (C=O) groups excluding carboxylic acids is 2. The van der Waals surface area contributed by atoms with Crippen LogP contribution in [0.1, 0.15) is 46.9 Å². The Bertz CT molecular complexity index is 1320. The monoisotopic (exact) mass is 520 g/mol. The molecule has 3 aromatic heterocycles. The van der Waals surface area contributed by atoms with E-state index in [0.29, 0.717) is 35.5 Å². The second-order valence-corrected chi connectivity index (χ2v) is 10.1. The second-order valence-electron chi connectivity index (χ2n) is 9.19. The van der Waals surface area contributed by atoms with Gasteiger partial charge in [-0.1, -0.05) is 24.3 Å². The van der Waals surface area contributed by atoms with Crippen molar-refractivity contribution in [2.45, 2.75) is 38.3 Å². The molecule has 0 aliphatic carbocycles. The molecule has 192 valence electrons. The molecular weight excluding hydrogens is 492 g/mol. The number of nitrogens with zero attached hydrogens (tertiary/aromatic N) is 8. The van der Waals surface area contributed by atoms with E-state index in [4.69, 9.17) is 0 Å². The van der Waals surface area contributed by atoms with Gasteiger partial charge in [0.05, 0.1) is 24.0 Å². The highest BCUT2D eigenvalue weighted by atomic mass is 32.1. The summed E-state index contributed by atoms with van der Waals surface area (Å²) in [5, 5.41) is 27.8. The molecule has 1 fully saturated rings. The number of allylic oxidation sites excluding steroid dienone is 1. The normalized spacial score (nSPS) is 20.8. The van der Waals surface area contributed by atoms with Gasteiger partial charge in [0.2, 0.25) is 16.0 Å². The van der Waals surface area contributed by atoms with E-state index in [-0.39, 0.29) is 29.7 Å². The Morgan fingerprint density at radius 1 is 1.16 bits per heavy atom. The number of hydrogen-bond donors (Lipinski definition) is 2. The van der Waals surface area contributed by atoms with E-state index in [1.54, 1.807) is 17.0 Å². The van der Waals surface area contributed by atoms with E-state index in [1.807, 2.05) is 44.5 Å². The molecule has 13 heteroatoms. The van der Waals surface area contributed by atoms with Gasteiger partial charge in [0.15, 0.2) is 5.82 Å². The topological polar surface area (TPSA) is 143 Å². The van der Waals surface area contributed by atoms with Crippen molar-refractivity contribution in [3.8, 4) is 0 Å². The van der Waals surface area contributed by atoms with Crippen LogP contribution < -0.4 is 15.5 Å². The van der Waals surface area contributed by atoms with E-state index >= 15 is 0 Å². The Kier molecular flexibility index (Phi) is 7.30. The average Bonchev–Trinajstić information content (AvgIpc) is 3.65. The third-order valence-corrected chi connectivity index (χ3v) is 7.40. The van der Waals surface area contributed by atoms with E-state index in [1.165, 1.54) is 11.3 Å². The maximum absolute atomic E-state index is 12.5. The van der Waals surface area contributed by atoms with E-state index in [9.17, 15) is 9.59 Å². The molecule has 3 aromatic rings. The summed E-state index contributed by atoms with van der Waals surface area (Å²) >= 11 is 1.27. The van der Waals surface area contributed by atoms with Crippen LogP contribution in [0.4, 0.5) is 10.9 Å².